The average molecular weight is 210 g/mol. The molecular weight excluding hydrogens is 200 g/mol. The molecule has 0 unspecified atom stereocenters. The van der Waals surface area contributed by atoms with E-state index < -0.39 is 10.0 Å². The van der Waals surface area contributed by atoms with Crippen molar-refractivity contribution >= 4 is 15.7 Å². The van der Waals surface area contributed by atoms with Gasteiger partial charge in [-0.15, -0.1) is 0 Å². The third-order valence-electron chi connectivity index (χ3n) is 1.51. The van der Waals surface area contributed by atoms with Crippen LogP contribution >= 0.6 is 0 Å². The summed E-state index contributed by atoms with van der Waals surface area (Å²) in [5.41, 5.74) is 1.70. The summed E-state index contributed by atoms with van der Waals surface area (Å²) in [6.07, 6.45) is 1.07. The predicted molar refractivity (Wildman–Crippen MR) is 54.4 cm³/mol. The van der Waals surface area contributed by atoms with Crippen LogP contribution in [0.5, 0.6) is 0 Å². The maximum absolute atomic E-state index is 10.9. The number of anilines is 1. The molecule has 0 aliphatic heterocycles. The molecule has 1 N–H and O–H groups in total. The van der Waals surface area contributed by atoms with Crippen molar-refractivity contribution in [1.82, 2.24) is 0 Å². The zero-order chi connectivity index (χ0) is 10.8. The lowest BCUT2D eigenvalue weighted by molar-refractivity contribution is 0.607. The van der Waals surface area contributed by atoms with E-state index >= 15 is 0 Å². The minimum absolute atomic E-state index is 0.420. The van der Waals surface area contributed by atoms with Crippen LogP contribution in [-0.4, -0.2) is 14.7 Å². The van der Waals surface area contributed by atoms with Gasteiger partial charge in [-0.2, -0.15) is 5.26 Å². The number of benzene rings is 1. The van der Waals surface area contributed by atoms with Gasteiger partial charge in [0.1, 0.15) is 0 Å². The summed E-state index contributed by atoms with van der Waals surface area (Å²) in [7, 11) is -3.28. The maximum Gasteiger partial charge on any atom is 0.229 e. The van der Waals surface area contributed by atoms with Crippen molar-refractivity contribution in [1.29, 1.82) is 5.26 Å². The molecule has 1 aromatic carbocycles. The first-order valence-electron chi connectivity index (χ1n) is 3.90. The van der Waals surface area contributed by atoms with Gasteiger partial charge in [0, 0.05) is 0 Å². The van der Waals surface area contributed by atoms with Crippen LogP contribution in [0.25, 0.3) is 0 Å². The van der Waals surface area contributed by atoms with Gasteiger partial charge in [0.25, 0.3) is 0 Å². The highest BCUT2D eigenvalue weighted by molar-refractivity contribution is 7.92. The molecule has 0 spiro atoms. The number of sulfonamides is 1. The number of aryl methyl sites for hydroxylation is 1. The van der Waals surface area contributed by atoms with Crippen LogP contribution in [0.4, 0.5) is 5.69 Å². The van der Waals surface area contributed by atoms with Gasteiger partial charge in [-0.3, -0.25) is 4.72 Å². The molecule has 14 heavy (non-hydrogen) atoms. The highest BCUT2D eigenvalue weighted by Crippen LogP contribution is 2.14. The molecule has 0 amide bonds. The normalized spacial score (nSPS) is 10.6. The topological polar surface area (TPSA) is 70.0 Å². The Morgan fingerprint density at radius 1 is 1.36 bits per heavy atom. The first-order chi connectivity index (χ1) is 6.40. The molecule has 0 saturated heterocycles. The molecule has 4 nitrogen and oxygen atoms in total. The Hall–Kier alpha value is -1.54. The number of nitrogens with one attached hydrogen (secondary N) is 1. The summed E-state index contributed by atoms with van der Waals surface area (Å²) in [6.45, 7) is 1.80. The Bertz CT molecular complexity index is 486. The second kappa shape index (κ2) is 3.68. The lowest BCUT2D eigenvalue weighted by Crippen LogP contribution is -2.09. The fourth-order valence-electron chi connectivity index (χ4n) is 1.12. The van der Waals surface area contributed by atoms with Gasteiger partial charge < -0.3 is 0 Å². The Balaban J connectivity index is 3.12. The summed E-state index contributed by atoms with van der Waals surface area (Å²) in [5, 5.41) is 8.66. The molecular formula is C9H10N2O2S. The van der Waals surface area contributed by atoms with Gasteiger partial charge in [-0.1, -0.05) is 0 Å². The quantitative estimate of drug-likeness (QED) is 0.798. The molecule has 0 aromatic heterocycles. The Labute approximate surface area is 83.2 Å². The molecule has 0 bridgehead atoms. The van der Waals surface area contributed by atoms with E-state index in [0.29, 0.717) is 11.3 Å². The number of hydrogen-bond donors (Lipinski definition) is 1. The summed E-state index contributed by atoms with van der Waals surface area (Å²) in [6, 6.07) is 6.81. The Morgan fingerprint density at radius 2 is 2.00 bits per heavy atom. The largest absolute Gasteiger partial charge is 0.284 e. The van der Waals surface area contributed by atoms with Crippen molar-refractivity contribution in [3.63, 3.8) is 0 Å². The number of hydrogen-bond acceptors (Lipinski definition) is 3. The standard InChI is InChI=1S/C9H10N2O2S/c1-7-3-8(6-10)5-9(4-7)11-14(2,12)13/h3-5,11H,1-2H3. The number of rotatable bonds is 2. The van der Waals surface area contributed by atoms with E-state index in [4.69, 9.17) is 5.26 Å². The van der Waals surface area contributed by atoms with E-state index in [1.54, 1.807) is 19.1 Å². The SMILES string of the molecule is Cc1cc(C#N)cc(NS(C)(=O)=O)c1. The summed E-state index contributed by atoms with van der Waals surface area (Å²) < 4.78 is 24.2. The fourth-order valence-corrected chi connectivity index (χ4v) is 1.67. The van der Waals surface area contributed by atoms with Gasteiger partial charge >= 0.3 is 0 Å². The van der Waals surface area contributed by atoms with Crippen LogP contribution in [0.3, 0.4) is 0 Å². The molecule has 0 aliphatic carbocycles. The molecule has 5 heteroatoms. The van der Waals surface area contributed by atoms with E-state index in [-0.39, 0.29) is 0 Å². The van der Waals surface area contributed by atoms with Gasteiger partial charge in [-0.25, -0.2) is 8.42 Å². The van der Waals surface area contributed by atoms with E-state index in [9.17, 15) is 8.42 Å². The zero-order valence-electron chi connectivity index (χ0n) is 7.90. The molecule has 0 radical (unpaired) electrons. The van der Waals surface area contributed by atoms with E-state index in [2.05, 4.69) is 4.72 Å². The van der Waals surface area contributed by atoms with E-state index in [1.165, 1.54) is 6.07 Å². The molecule has 0 heterocycles. The van der Waals surface area contributed by atoms with Crippen molar-refractivity contribution in [2.45, 2.75) is 6.92 Å². The maximum atomic E-state index is 10.9. The van der Waals surface area contributed by atoms with Crippen LogP contribution in [0.2, 0.25) is 0 Å². The van der Waals surface area contributed by atoms with Crippen LogP contribution in [-0.2, 0) is 10.0 Å². The molecule has 0 atom stereocenters. The first-order valence-corrected chi connectivity index (χ1v) is 5.79. The van der Waals surface area contributed by atoms with Crippen molar-refractivity contribution in [3.8, 4) is 6.07 Å². The fraction of sp³-hybridized carbons (Fsp3) is 0.222. The third kappa shape index (κ3) is 3.07. The van der Waals surface area contributed by atoms with Gasteiger partial charge in [0.15, 0.2) is 0 Å². The number of nitriles is 1. The van der Waals surface area contributed by atoms with Crippen LogP contribution in [0, 0.1) is 18.3 Å². The van der Waals surface area contributed by atoms with Crippen molar-refractivity contribution in [2.75, 3.05) is 11.0 Å². The predicted octanol–water partition coefficient (Wildman–Crippen LogP) is 1.24. The van der Waals surface area contributed by atoms with Crippen LogP contribution in [0.1, 0.15) is 11.1 Å². The number of nitrogens with zero attached hydrogens (tertiary/aromatic N) is 1. The second-order valence-corrected chi connectivity index (χ2v) is 4.82. The molecule has 0 aliphatic rings. The molecule has 0 saturated carbocycles. The Morgan fingerprint density at radius 3 is 2.50 bits per heavy atom. The van der Waals surface area contributed by atoms with Crippen molar-refractivity contribution in [3.05, 3.63) is 29.3 Å². The van der Waals surface area contributed by atoms with Crippen LogP contribution in [0.15, 0.2) is 18.2 Å². The monoisotopic (exact) mass is 210 g/mol. The van der Waals surface area contributed by atoms with Gasteiger partial charge in [-0.05, 0) is 30.7 Å². The van der Waals surface area contributed by atoms with Gasteiger partial charge in [0.2, 0.25) is 10.0 Å². The summed E-state index contributed by atoms with van der Waals surface area (Å²) >= 11 is 0. The third-order valence-corrected chi connectivity index (χ3v) is 2.12. The molecule has 0 fully saturated rings. The average Bonchev–Trinajstić information content (AvgIpc) is 1.99. The lowest BCUT2D eigenvalue weighted by atomic mass is 10.1. The minimum Gasteiger partial charge on any atom is -0.284 e. The second-order valence-electron chi connectivity index (χ2n) is 3.07. The Kier molecular flexibility index (Phi) is 2.77. The highest BCUT2D eigenvalue weighted by atomic mass is 32.2. The molecule has 1 aromatic rings. The smallest absolute Gasteiger partial charge is 0.229 e. The van der Waals surface area contributed by atoms with E-state index in [1.807, 2.05) is 6.07 Å². The summed E-state index contributed by atoms with van der Waals surface area (Å²) in [5.74, 6) is 0. The molecule has 74 valence electrons. The lowest BCUT2D eigenvalue weighted by Gasteiger charge is -2.04. The first kappa shape index (κ1) is 10.5. The molecule has 1 rings (SSSR count). The highest BCUT2D eigenvalue weighted by Gasteiger charge is 2.03. The summed E-state index contributed by atoms with van der Waals surface area (Å²) in [4.78, 5) is 0. The van der Waals surface area contributed by atoms with Crippen molar-refractivity contribution < 1.29 is 8.42 Å². The van der Waals surface area contributed by atoms with Crippen LogP contribution < -0.4 is 4.72 Å². The van der Waals surface area contributed by atoms with Gasteiger partial charge in [0.05, 0.1) is 23.6 Å². The van der Waals surface area contributed by atoms with E-state index in [0.717, 1.165) is 11.8 Å². The van der Waals surface area contributed by atoms with Crippen molar-refractivity contribution in [2.24, 2.45) is 0 Å². The zero-order valence-corrected chi connectivity index (χ0v) is 8.72. The minimum atomic E-state index is -3.28.